The lowest BCUT2D eigenvalue weighted by Gasteiger charge is -2.36. The number of nitrogens with one attached hydrogen (secondary N) is 2. The molecule has 2 rings (SSSR count). The topological polar surface area (TPSA) is 133 Å². The van der Waals surface area contributed by atoms with Crippen molar-refractivity contribution in [2.75, 3.05) is 13.1 Å². The van der Waals surface area contributed by atoms with E-state index in [0.29, 0.717) is 12.8 Å². The second-order valence-corrected chi connectivity index (χ2v) is 5.52. The number of urea groups is 2. The van der Waals surface area contributed by atoms with E-state index in [-0.39, 0.29) is 13.1 Å². The third-order valence-electron chi connectivity index (χ3n) is 3.81. The van der Waals surface area contributed by atoms with Crippen molar-refractivity contribution in [2.24, 2.45) is 11.8 Å². The van der Waals surface area contributed by atoms with Crippen molar-refractivity contribution >= 4 is 35.7 Å². The molecule has 0 radical (unpaired) electrons. The summed E-state index contributed by atoms with van der Waals surface area (Å²) in [6.07, 6.45) is 0.899. The van der Waals surface area contributed by atoms with Gasteiger partial charge in [-0.2, -0.15) is 0 Å². The smallest absolute Gasteiger partial charge is 0.277 e. The number of rotatable bonds is 5. The molecular formula is C14H18N4O6. The van der Waals surface area contributed by atoms with Gasteiger partial charge in [-0.1, -0.05) is 13.8 Å². The van der Waals surface area contributed by atoms with Crippen molar-refractivity contribution < 1.29 is 28.8 Å². The molecular weight excluding hydrogens is 320 g/mol. The molecule has 130 valence electrons. The highest BCUT2D eigenvalue weighted by molar-refractivity contribution is 6.24. The van der Waals surface area contributed by atoms with Gasteiger partial charge in [-0.25, -0.2) is 9.59 Å². The summed E-state index contributed by atoms with van der Waals surface area (Å²) in [7, 11) is 0. The van der Waals surface area contributed by atoms with Crippen LogP contribution in [0.15, 0.2) is 0 Å². The van der Waals surface area contributed by atoms with Gasteiger partial charge in [0.25, 0.3) is 0 Å². The van der Waals surface area contributed by atoms with Gasteiger partial charge in [0.05, 0.1) is 0 Å². The predicted octanol–water partition coefficient (Wildman–Crippen LogP) is -0.804. The molecule has 8 amide bonds. The van der Waals surface area contributed by atoms with Crippen LogP contribution in [-0.2, 0) is 19.2 Å². The Labute approximate surface area is 137 Å². The van der Waals surface area contributed by atoms with Crippen LogP contribution in [-0.4, -0.2) is 58.6 Å². The highest BCUT2D eigenvalue weighted by Crippen LogP contribution is 2.25. The Hall–Kier alpha value is -2.78. The summed E-state index contributed by atoms with van der Waals surface area (Å²) in [5.74, 6) is -7.20. The normalized spacial score (nSPS) is 25.1. The maximum absolute atomic E-state index is 12.5. The van der Waals surface area contributed by atoms with Gasteiger partial charge < -0.3 is 0 Å². The zero-order valence-corrected chi connectivity index (χ0v) is 13.3. The van der Waals surface area contributed by atoms with Gasteiger partial charge >= 0.3 is 12.1 Å². The average molecular weight is 338 g/mol. The van der Waals surface area contributed by atoms with E-state index in [4.69, 9.17) is 0 Å². The highest BCUT2D eigenvalue weighted by atomic mass is 16.2. The van der Waals surface area contributed by atoms with Crippen molar-refractivity contribution in [2.45, 2.75) is 26.7 Å². The molecule has 2 unspecified atom stereocenters. The van der Waals surface area contributed by atoms with Gasteiger partial charge in [0.15, 0.2) is 0 Å². The van der Waals surface area contributed by atoms with Crippen LogP contribution in [0.3, 0.4) is 0 Å². The second-order valence-electron chi connectivity index (χ2n) is 5.52. The number of carbonyl (C=O) groups excluding carboxylic acids is 6. The molecule has 2 heterocycles. The third kappa shape index (κ3) is 2.86. The van der Waals surface area contributed by atoms with Crippen molar-refractivity contribution in [3.05, 3.63) is 0 Å². The molecule has 2 aliphatic heterocycles. The first-order chi connectivity index (χ1) is 11.3. The van der Waals surface area contributed by atoms with Gasteiger partial charge in [0, 0.05) is 13.1 Å². The van der Waals surface area contributed by atoms with Crippen LogP contribution in [0, 0.1) is 11.8 Å². The van der Waals surface area contributed by atoms with Crippen molar-refractivity contribution in [3.63, 3.8) is 0 Å². The number of imide groups is 4. The minimum Gasteiger partial charge on any atom is -0.277 e. The van der Waals surface area contributed by atoms with E-state index >= 15 is 0 Å². The molecule has 0 saturated carbocycles. The summed E-state index contributed by atoms with van der Waals surface area (Å²) in [5.41, 5.74) is 0. The minimum absolute atomic E-state index is 0.0502. The summed E-state index contributed by atoms with van der Waals surface area (Å²) in [5, 5.41) is 3.97. The lowest BCUT2D eigenvalue weighted by atomic mass is 9.85. The molecule has 2 atom stereocenters. The Morgan fingerprint density at radius 1 is 0.708 bits per heavy atom. The SMILES string of the molecule is CCCN1C(=O)NC(=O)C(C2C(=O)NC(=O)N(CCC)C2=O)C1=O. The van der Waals surface area contributed by atoms with Crippen LogP contribution in [0.25, 0.3) is 0 Å². The number of amides is 8. The number of nitrogens with zero attached hydrogens (tertiary/aromatic N) is 2. The quantitative estimate of drug-likeness (QED) is 0.630. The molecule has 0 aromatic rings. The standard InChI is InChI=1S/C14H18N4O6/c1-3-5-17-11(21)7(9(19)15-13(17)23)8-10(20)16-14(24)18(6-4-2)12(8)22/h7-8H,3-6H2,1-2H3,(H,15,19,23)(H,16,20,24). The van der Waals surface area contributed by atoms with Crippen molar-refractivity contribution in [1.82, 2.24) is 20.4 Å². The van der Waals surface area contributed by atoms with Crippen LogP contribution in [0.4, 0.5) is 9.59 Å². The second kappa shape index (κ2) is 6.77. The zero-order chi connectivity index (χ0) is 18.0. The van der Waals surface area contributed by atoms with E-state index < -0.39 is 47.5 Å². The van der Waals surface area contributed by atoms with Gasteiger partial charge in [-0.15, -0.1) is 0 Å². The van der Waals surface area contributed by atoms with Crippen molar-refractivity contribution in [1.29, 1.82) is 0 Å². The Morgan fingerprint density at radius 3 is 1.33 bits per heavy atom. The zero-order valence-electron chi connectivity index (χ0n) is 13.3. The maximum atomic E-state index is 12.5. The van der Waals surface area contributed by atoms with E-state index in [1.54, 1.807) is 13.8 Å². The number of barbiturate groups is 2. The van der Waals surface area contributed by atoms with Crippen LogP contribution in [0.1, 0.15) is 26.7 Å². The first kappa shape index (κ1) is 17.6. The lowest BCUT2D eigenvalue weighted by molar-refractivity contribution is -0.157. The Bertz CT molecular complexity index is 577. The van der Waals surface area contributed by atoms with E-state index in [1.165, 1.54) is 0 Å². The lowest BCUT2D eigenvalue weighted by Crippen LogP contribution is -2.67. The number of hydrogen-bond donors (Lipinski definition) is 2. The van der Waals surface area contributed by atoms with Gasteiger partial charge in [-0.3, -0.25) is 39.6 Å². The molecule has 0 spiro atoms. The Kier molecular flexibility index (Phi) is 4.96. The fourth-order valence-electron chi connectivity index (χ4n) is 2.72. The molecule has 2 saturated heterocycles. The van der Waals surface area contributed by atoms with Gasteiger partial charge in [0.1, 0.15) is 11.8 Å². The first-order valence-electron chi connectivity index (χ1n) is 7.65. The number of carbonyl (C=O) groups is 6. The Balaban J connectivity index is 2.36. The first-order valence-corrected chi connectivity index (χ1v) is 7.65. The summed E-state index contributed by atoms with van der Waals surface area (Å²) in [6.45, 7) is 3.56. The van der Waals surface area contributed by atoms with E-state index in [2.05, 4.69) is 0 Å². The van der Waals surface area contributed by atoms with Crippen LogP contribution < -0.4 is 10.6 Å². The summed E-state index contributed by atoms with van der Waals surface area (Å²) < 4.78 is 0. The minimum atomic E-state index is -1.67. The molecule has 2 fully saturated rings. The van der Waals surface area contributed by atoms with E-state index in [9.17, 15) is 28.8 Å². The predicted molar refractivity (Wildman–Crippen MR) is 78.1 cm³/mol. The monoisotopic (exact) mass is 338 g/mol. The van der Waals surface area contributed by atoms with Crippen LogP contribution in [0.2, 0.25) is 0 Å². The summed E-state index contributed by atoms with van der Waals surface area (Å²) >= 11 is 0. The fraction of sp³-hybridized carbons (Fsp3) is 0.571. The summed E-state index contributed by atoms with van der Waals surface area (Å²) in [4.78, 5) is 74.2. The molecule has 2 aliphatic rings. The highest BCUT2D eigenvalue weighted by Gasteiger charge is 2.54. The fourth-order valence-corrected chi connectivity index (χ4v) is 2.72. The van der Waals surface area contributed by atoms with Crippen LogP contribution >= 0.6 is 0 Å². The molecule has 24 heavy (non-hydrogen) atoms. The van der Waals surface area contributed by atoms with Crippen LogP contribution in [0.5, 0.6) is 0 Å². The van der Waals surface area contributed by atoms with E-state index in [1.807, 2.05) is 10.6 Å². The molecule has 0 bridgehead atoms. The third-order valence-corrected chi connectivity index (χ3v) is 3.81. The summed E-state index contributed by atoms with van der Waals surface area (Å²) in [6, 6.07) is -1.76. The molecule has 0 aliphatic carbocycles. The largest absolute Gasteiger partial charge is 0.330 e. The number of hydrogen-bond acceptors (Lipinski definition) is 6. The maximum Gasteiger partial charge on any atom is 0.330 e. The Morgan fingerprint density at radius 2 is 1.04 bits per heavy atom. The van der Waals surface area contributed by atoms with Gasteiger partial charge in [0.2, 0.25) is 23.6 Å². The molecule has 0 aromatic heterocycles. The average Bonchev–Trinajstić information content (AvgIpc) is 2.50. The van der Waals surface area contributed by atoms with E-state index in [0.717, 1.165) is 9.80 Å². The van der Waals surface area contributed by atoms with Crippen molar-refractivity contribution in [3.8, 4) is 0 Å². The molecule has 2 N–H and O–H groups in total. The molecule has 0 aromatic carbocycles. The van der Waals surface area contributed by atoms with Gasteiger partial charge in [-0.05, 0) is 12.8 Å². The molecule has 10 heteroatoms. The molecule has 10 nitrogen and oxygen atoms in total.